The molecule has 0 atom stereocenters. The molecule has 1 aromatic heterocycles. The van der Waals surface area contributed by atoms with Gasteiger partial charge in [-0.25, -0.2) is 9.97 Å². The Morgan fingerprint density at radius 2 is 1.78 bits per heavy atom. The van der Waals surface area contributed by atoms with Crippen LogP contribution in [0.3, 0.4) is 0 Å². The Morgan fingerprint density at radius 1 is 1.11 bits per heavy atom. The van der Waals surface area contributed by atoms with E-state index in [4.69, 9.17) is 5.73 Å². The van der Waals surface area contributed by atoms with Crippen LogP contribution in [0.1, 0.15) is 31.2 Å². The third kappa shape index (κ3) is 4.23. The van der Waals surface area contributed by atoms with Crippen molar-refractivity contribution in [3.8, 4) is 0 Å². The fourth-order valence-electron chi connectivity index (χ4n) is 2.26. The van der Waals surface area contributed by atoms with Gasteiger partial charge in [0.05, 0.1) is 0 Å². The normalized spacial score (nSPS) is 17.4. The zero-order valence-corrected chi connectivity index (χ0v) is 10.9. The predicted molar refractivity (Wildman–Crippen MR) is 73.3 cm³/mol. The Bertz CT molecular complexity index is 330. The van der Waals surface area contributed by atoms with Crippen LogP contribution in [-0.4, -0.2) is 41.0 Å². The number of rotatable bonds is 5. The fourth-order valence-corrected chi connectivity index (χ4v) is 2.26. The molecule has 0 bridgehead atoms. The highest BCUT2D eigenvalue weighted by Gasteiger charge is 2.09. The maximum absolute atomic E-state index is 5.42. The molecule has 5 nitrogen and oxygen atoms in total. The minimum absolute atomic E-state index is 0.596. The Labute approximate surface area is 109 Å². The summed E-state index contributed by atoms with van der Waals surface area (Å²) >= 11 is 0. The highest BCUT2D eigenvalue weighted by atomic mass is 15.1. The van der Waals surface area contributed by atoms with E-state index in [1.54, 1.807) is 0 Å². The highest BCUT2D eigenvalue weighted by Crippen LogP contribution is 2.12. The Hall–Kier alpha value is -1.20. The topological polar surface area (TPSA) is 67.1 Å². The minimum atomic E-state index is 0.596. The first-order valence-corrected chi connectivity index (χ1v) is 6.86. The van der Waals surface area contributed by atoms with Crippen LogP contribution in [0.5, 0.6) is 0 Å². The van der Waals surface area contributed by atoms with Gasteiger partial charge in [-0.05, 0) is 25.9 Å². The molecule has 1 aliphatic rings. The van der Waals surface area contributed by atoms with Crippen LogP contribution in [-0.2, 0) is 6.54 Å². The molecule has 0 radical (unpaired) electrons. The lowest BCUT2D eigenvalue weighted by atomic mass is 10.2. The monoisotopic (exact) mass is 249 g/mol. The van der Waals surface area contributed by atoms with Crippen molar-refractivity contribution in [3.05, 3.63) is 18.0 Å². The van der Waals surface area contributed by atoms with Crippen LogP contribution in [0.25, 0.3) is 0 Å². The molecule has 1 fully saturated rings. The zero-order chi connectivity index (χ0) is 12.6. The summed E-state index contributed by atoms with van der Waals surface area (Å²) in [6.45, 7) is 4.68. The van der Waals surface area contributed by atoms with Gasteiger partial charge in [0.15, 0.2) is 0 Å². The lowest BCUT2D eigenvalue weighted by Crippen LogP contribution is -2.24. The van der Waals surface area contributed by atoms with Gasteiger partial charge in [0.2, 0.25) is 5.95 Å². The molecule has 1 aromatic rings. The van der Waals surface area contributed by atoms with Crippen molar-refractivity contribution in [3.63, 3.8) is 0 Å². The first kappa shape index (κ1) is 13.2. The van der Waals surface area contributed by atoms with Crippen molar-refractivity contribution in [2.24, 2.45) is 5.73 Å². The summed E-state index contributed by atoms with van der Waals surface area (Å²) < 4.78 is 0. The largest absolute Gasteiger partial charge is 0.353 e. The van der Waals surface area contributed by atoms with E-state index in [1.165, 1.54) is 44.3 Å². The van der Waals surface area contributed by atoms with Gasteiger partial charge < -0.3 is 11.1 Å². The van der Waals surface area contributed by atoms with Crippen LogP contribution in [0.4, 0.5) is 5.95 Å². The van der Waals surface area contributed by atoms with E-state index in [9.17, 15) is 0 Å². The van der Waals surface area contributed by atoms with Crippen molar-refractivity contribution >= 4 is 5.95 Å². The number of hydrogen-bond donors (Lipinski definition) is 2. The van der Waals surface area contributed by atoms with Crippen molar-refractivity contribution in [1.82, 2.24) is 14.9 Å². The van der Waals surface area contributed by atoms with Gasteiger partial charge in [-0.3, -0.25) is 4.90 Å². The van der Waals surface area contributed by atoms with Gasteiger partial charge in [0, 0.05) is 37.6 Å². The molecule has 2 heterocycles. The summed E-state index contributed by atoms with van der Waals surface area (Å²) in [5.41, 5.74) is 6.61. The molecule has 100 valence electrons. The van der Waals surface area contributed by atoms with E-state index in [0.717, 1.165) is 6.54 Å². The summed E-state index contributed by atoms with van der Waals surface area (Å²) in [5, 5.41) is 3.07. The van der Waals surface area contributed by atoms with Crippen molar-refractivity contribution in [2.45, 2.75) is 32.2 Å². The number of nitrogens with zero attached hydrogens (tertiary/aromatic N) is 3. The molecule has 5 heteroatoms. The maximum Gasteiger partial charge on any atom is 0.222 e. The summed E-state index contributed by atoms with van der Waals surface area (Å²) in [6.07, 6.45) is 9.20. The third-order valence-electron chi connectivity index (χ3n) is 3.24. The van der Waals surface area contributed by atoms with E-state index >= 15 is 0 Å². The van der Waals surface area contributed by atoms with Gasteiger partial charge >= 0.3 is 0 Å². The standard InChI is InChI=1S/C13H23N5/c14-5-6-15-13-16-9-12(10-17-13)11-18-7-3-1-2-4-8-18/h9-10H,1-8,11,14H2,(H,15,16,17). The number of likely N-dealkylation sites (tertiary alicyclic amines) is 1. The van der Waals surface area contributed by atoms with Crippen LogP contribution < -0.4 is 11.1 Å². The number of hydrogen-bond acceptors (Lipinski definition) is 5. The zero-order valence-electron chi connectivity index (χ0n) is 10.9. The van der Waals surface area contributed by atoms with Crippen LogP contribution in [0.2, 0.25) is 0 Å². The maximum atomic E-state index is 5.42. The molecule has 0 unspecified atom stereocenters. The summed E-state index contributed by atoms with van der Waals surface area (Å²) in [7, 11) is 0. The van der Waals surface area contributed by atoms with E-state index in [1.807, 2.05) is 12.4 Å². The number of anilines is 1. The quantitative estimate of drug-likeness (QED) is 0.821. The Balaban J connectivity index is 1.84. The van der Waals surface area contributed by atoms with Crippen LogP contribution >= 0.6 is 0 Å². The molecule has 0 aromatic carbocycles. The molecule has 0 amide bonds. The first-order valence-electron chi connectivity index (χ1n) is 6.86. The Kier molecular flexibility index (Phi) is 5.36. The second-order valence-corrected chi connectivity index (χ2v) is 4.82. The average molecular weight is 249 g/mol. The third-order valence-corrected chi connectivity index (χ3v) is 3.24. The molecular formula is C13H23N5. The summed E-state index contributed by atoms with van der Waals surface area (Å²) in [4.78, 5) is 11.1. The second kappa shape index (κ2) is 7.28. The lowest BCUT2D eigenvalue weighted by molar-refractivity contribution is 0.276. The minimum Gasteiger partial charge on any atom is -0.353 e. The molecule has 3 N–H and O–H groups in total. The van der Waals surface area contributed by atoms with Gasteiger partial charge in [-0.15, -0.1) is 0 Å². The molecule has 2 rings (SSSR count). The lowest BCUT2D eigenvalue weighted by Gasteiger charge is -2.19. The molecule has 1 aliphatic heterocycles. The van der Waals surface area contributed by atoms with Crippen molar-refractivity contribution in [1.29, 1.82) is 0 Å². The molecule has 0 spiro atoms. The number of nitrogens with two attached hydrogens (primary N) is 1. The van der Waals surface area contributed by atoms with Crippen molar-refractivity contribution < 1.29 is 0 Å². The SMILES string of the molecule is NCCNc1ncc(CN2CCCCCC2)cn1. The molecule has 0 aliphatic carbocycles. The smallest absolute Gasteiger partial charge is 0.222 e. The number of nitrogens with one attached hydrogen (secondary N) is 1. The summed E-state index contributed by atoms with van der Waals surface area (Å²) in [5.74, 6) is 0.667. The second-order valence-electron chi connectivity index (χ2n) is 4.82. The molecular weight excluding hydrogens is 226 g/mol. The predicted octanol–water partition coefficient (Wildman–Crippen LogP) is 1.22. The van der Waals surface area contributed by atoms with Gasteiger partial charge in [0.25, 0.3) is 0 Å². The van der Waals surface area contributed by atoms with E-state index in [2.05, 4.69) is 20.2 Å². The first-order chi connectivity index (χ1) is 8.88. The van der Waals surface area contributed by atoms with Crippen LogP contribution in [0, 0.1) is 0 Å². The highest BCUT2D eigenvalue weighted by molar-refractivity contribution is 5.24. The number of aromatic nitrogens is 2. The van der Waals surface area contributed by atoms with E-state index in [-0.39, 0.29) is 0 Å². The molecule has 1 saturated heterocycles. The Morgan fingerprint density at radius 3 is 2.39 bits per heavy atom. The van der Waals surface area contributed by atoms with Gasteiger partial charge in [-0.1, -0.05) is 12.8 Å². The molecule has 18 heavy (non-hydrogen) atoms. The van der Waals surface area contributed by atoms with E-state index in [0.29, 0.717) is 19.0 Å². The van der Waals surface area contributed by atoms with Gasteiger partial charge in [-0.2, -0.15) is 0 Å². The van der Waals surface area contributed by atoms with Crippen molar-refractivity contribution in [2.75, 3.05) is 31.5 Å². The molecule has 0 saturated carbocycles. The van der Waals surface area contributed by atoms with E-state index < -0.39 is 0 Å². The fraction of sp³-hybridized carbons (Fsp3) is 0.692. The average Bonchev–Trinajstić information content (AvgIpc) is 2.67. The van der Waals surface area contributed by atoms with Crippen LogP contribution in [0.15, 0.2) is 12.4 Å². The summed E-state index contributed by atoms with van der Waals surface area (Å²) in [6, 6.07) is 0. The van der Waals surface area contributed by atoms with Gasteiger partial charge in [0.1, 0.15) is 0 Å².